The molecule has 1 aliphatic heterocycles. The number of benzene rings is 1. The predicted octanol–water partition coefficient (Wildman–Crippen LogP) is 1.91. The molecule has 1 aliphatic carbocycles. The van der Waals surface area contributed by atoms with Crippen molar-refractivity contribution in [3.8, 4) is 0 Å². The first-order valence-electron chi connectivity index (χ1n) is 7.60. The molecule has 1 atom stereocenters. The Hall–Kier alpha value is -2.68. The van der Waals surface area contributed by atoms with Crippen LogP contribution in [-0.2, 0) is 9.59 Å². The fourth-order valence-corrected chi connectivity index (χ4v) is 3.06. The largest absolute Gasteiger partial charge is 0.325 e. The molecule has 10 heteroatoms. The quantitative estimate of drug-likeness (QED) is 0.468. The number of imide groups is 1. The summed E-state index contributed by atoms with van der Waals surface area (Å²) in [5.41, 5.74) is -1.16. The molecule has 1 aromatic carbocycles. The molecule has 1 saturated heterocycles. The summed E-state index contributed by atoms with van der Waals surface area (Å²) in [6, 6.07) is 3.18. The van der Waals surface area contributed by atoms with E-state index in [0.717, 1.165) is 23.8 Å². The van der Waals surface area contributed by atoms with Gasteiger partial charge in [0, 0.05) is 11.8 Å². The lowest BCUT2D eigenvalue weighted by Crippen LogP contribution is -2.46. The number of halogens is 1. The van der Waals surface area contributed by atoms with Crippen molar-refractivity contribution < 1.29 is 19.3 Å². The van der Waals surface area contributed by atoms with E-state index in [1.807, 2.05) is 0 Å². The van der Waals surface area contributed by atoms with Gasteiger partial charge < -0.3 is 10.6 Å². The van der Waals surface area contributed by atoms with Gasteiger partial charge in [0.2, 0.25) is 5.91 Å². The van der Waals surface area contributed by atoms with Crippen LogP contribution in [0.2, 0.25) is 5.02 Å². The number of hydrogen-bond donors (Lipinski definition) is 2. The number of rotatable bonds is 5. The lowest BCUT2D eigenvalue weighted by atomic mass is 9.96. The van der Waals surface area contributed by atoms with Gasteiger partial charge in [-0.15, -0.1) is 0 Å². The normalized spacial score (nSPS) is 22.7. The number of nitrogens with one attached hydrogen (secondary N) is 2. The maximum atomic E-state index is 12.5. The molecule has 2 fully saturated rings. The number of hydrogen-bond acceptors (Lipinski definition) is 5. The summed E-state index contributed by atoms with van der Waals surface area (Å²) in [4.78, 5) is 47.7. The highest BCUT2D eigenvalue weighted by Gasteiger charge is 2.56. The van der Waals surface area contributed by atoms with Crippen molar-refractivity contribution >= 4 is 40.8 Å². The van der Waals surface area contributed by atoms with Crippen LogP contribution in [0.15, 0.2) is 18.2 Å². The molecule has 3 rings (SSSR count). The van der Waals surface area contributed by atoms with Gasteiger partial charge in [-0.1, -0.05) is 11.6 Å². The van der Waals surface area contributed by atoms with Crippen LogP contribution in [0.1, 0.15) is 19.8 Å². The number of urea groups is 1. The molecule has 0 radical (unpaired) electrons. The van der Waals surface area contributed by atoms with Crippen molar-refractivity contribution in [2.75, 3.05) is 11.9 Å². The smallest absolute Gasteiger partial charge is 0.324 e. The minimum Gasteiger partial charge on any atom is -0.324 e. The second kappa shape index (κ2) is 5.99. The lowest BCUT2D eigenvalue weighted by Gasteiger charge is -2.20. The van der Waals surface area contributed by atoms with Crippen molar-refractivity contribution in [1.82, 2.24) is 10.2 Å². The predicted molar refractivity (Wildman–Crippen MR) is 88.1 cm³/mol. The van der Waals surface area contributed by atoms with Gasteiger partial charge in [-0.25, -0.2) is 4.79 Å². The number of nitro groups is 1. The lowest BCUT2D eigenvalue weighted by molar-refractivity contribution is -0.384. The molecule has 0 bridgehead atoms. The molecular formula is C15H15ClN4O5. The third kappa shape index (κ3) is 3.14. The van der Waals surface area contributed by atoms with E-state index in [2.05, 4.69) is 10.6 Å². The minimum absolute atomic E-state index is 0.0581. The Balaban J connectivity index is 1.69. The van der Waals surface area contributed by atoms with Crippen LogP contribution in [0.5, 0.6) is 0 Å². The van der Waals surface area contributed by atoms with Crippen LogP contribution in [0.4, 0.5) is 16.2 Å². The second-order valence-electron chi connectivity index (χ2n) is 6.27. The zero-order valence-electron chi connectivity index (χ0n) is 13.2. The Labute approximate surface area is 147 Å². The molecule has 25 heavy (non-hydrogen) atoms. The number of amides is 4. The Morgan fingerprint density at radius 3 is 2.76 bits per heavy atom. The van der Waals surface area contributed by atoms with E-state index in [1.54, 1.807) is 6.92 Å². The molecule has 132 valence electrons. The fourth-order valence-electron chi connectivity index (χ4n) is 2.87. The third-order valence-corrected chi connectivity index (χ3v) is 4.74. The SMILES string of the molecule is C[C@@]1(C2CC2)NC(=O)N(CC(=O)Nc2ccc(Cl)c([N+](=O)[O-])c2)C1=O. The van der Waals surface area contributed by atoms with E-state index in [0.29, 0.717) is 0 Å². The third-order valence-electron chi connectivity index (χ3n) is 4.42. The van der Waals surface area contributed by atoms with Gasteiger partial charge in [-0.05, 0) is 37.8 Å². The monoisotopic (exact) mass is 366 g/mol. The van der Waals surface area contributed by atoms with Crippen molar-refractivity contribution in [2.45, 2.75) is 25.3 Å². The highest BCUT2D eigenvalue weighted by Crippen LogP contribution is 2.42. The van der Waals surface area contributed by atoms with Gasteiger partial charge in [0.1, 0.15) is 17.1 Å². The number of carbonyl (C=O) groups excluding carboxylic acids is 3. The average molecular weight is 367 g/mol. The molecule has 1 saturated carbocycles. The van der Waals surface area contributed by atoms with E-state index < -0.39 is 34.9 Å². The van der Waals surface area contributed by atoms with Crippen LogP contribution < -0.4 is 10.6 Å². The first-order valence-corrected chi connectivity index (χ1v) is 7.98. The van der Waals surface area contributed by atoms with Gasteiger partial charge in [0.25, 0.3) is 11.6 Å². The number of nitro benzene ring substituents is 1. The molecule has 2 aliphatic rings. The van der Waals surface area contributed by atoms with Crippen molar-refractivity contribution in [1.29, 1.82) is 0 Å². The molecule has 1 aromatic rings. The Morgan fingerprint density at radius 1 is 1.48 bits per heavy atom. The van der Waals surface area contributed by atoms with E-state index in [1.165, 1.54) is 12.1 Å². The van der Waals surface area contributed by atoms with Crippen molar-refractivity contribution in [3.63, 3.8) is 0 Å². The van der Waals surface area contributed by atoms with E-state index >= 15 is 0 Å². The molecule has 4 amide bonds. The van der Waals surface area contributed by atoms with E-state index in [9.17, 15) is 24.5 Å². The van der Waals surface area contributed by atoms with Crippen LogP contribution in [-0.4, -0.2) is 39.8 Å². The fraction of sp³-hybridized carbons (Fsp3) is 0.400. The molecule has 9 nitrogen and oxygen atoms in total. The first kappa shape index (κ1) is 17.2. The minimum atomic E-state index is -0.962. The van der Waals surface area contributed by atoms with Gasteiger partial charge in [-0.3, -0.25) is 24.6 Å². The average Bonchev–Trinajstić information content (AvgIpc) is 3.35. The maximum absolute atomic E-state index is 12.5. The number of nitrogens with zero attached hydrogens (tertiary/aromatic N) is 2. The summed E-state index contributed by atoms with van der Waals surface area (Å²) < 4.78 is 0. The summed E-state index contributed by atoms with van der Waals surface area (Å²) in [6.45, 7) is 1.19. The van der Waals surface area contributed by atoms with Crippen LogP contribution >= 0.6 is 11.6 Å². The summed E-state index contributed by atoms with van der Waals surface area (Å²) >= 11 is 5.71. The highest BCUT2D eigenvalue weighted by molar-refractivity contribution is 6.32. The highest BCUT2D eigenvalue weighted by atomic mass is 35.5. The van der Waals surface area contributed by atoms with Crippen molar-refractivity contribution in [3.05, 3.63) is 33.3 Å². The number of carbonyl (C=O) groups is 3. The van der Waals surface area contributed by atoms with Crippen LogP contribution in [0, 0.1) is 16.0 Å². The summed E-state index contributed by atoms with van der Waals surface area (Å²) in [6.07, 6.45) is 1.72. The van der Waals surface area contributed by atoms with E-state index in [-0.39, 0.29) is 22.3 Å². The van der Waals surface area contributed by atoms with Gasteiger partial charge in [0.15, 0.2) is 0 Å². The second-order valence-corrected chi connectivity index (χ2v) is 6.68. The van der Waals surface area contributed by atoms with Crippen molar-refractivity contribution in [2.24, 2.45) is 5.92 Å². The molecule has 2 N–H and O–H groups in total. The molecule has 0 spiro atoms. The summed E-state index contributed by atoms with van der Waals surface area (Å²) in [5.74, 6) is -0.978. The summed E-state index contributed by atoms with van der Waals surface area (Å²) in [7, 11) is 0. The molecule has 1 heterocycles. The Kier molecular flexibility index (Phi) is 4.11. The van der Waals surface area contributed by atoms with Gasteiger partial charge in [0.05, 0.1) is 4.92 Å². The zero-order valence-corrected chi connectivity index (χ0v) is 14.0. The number of anilines is 1. The van der Waals surface area contributed by atoms with Gasteiger partial charge >= 0.3 is 6.03 Å². The van der Waals surface area contributed by atoms with Gasteiger partial charge in [-0.2, -0.15) is 0 Å². The summed E-state index contributed by atoms with van der Waals surface area (Å²) in [5, 5.41) is 15.9. The maximum Gasteiger partial charge on any atom is 0.325 e. The van der Waals surface area contributed by atoms with Crippen LogP contribution in [0.3, 0.4) is 0 Å². The standard InChI is InChI=1S/C15H15ClN4O5/c1-15(8-2-3-8)13(22)19(14(23)18-15)7-12(21)17-9-4-5-10(16)11(6-9)20(24)25/h4-6,8H,2-3,7H2,1H3,(H,17,21)(H,18,23)/t15-/m0/s1. The molecular weight excluding hydrogens is 352 g/mol. The topological polar surface area (TPSA) is 122 Å². The molecule has 0 aromatic heterocycles. The Bertz CT molecular complexity index is 794. The van der Waals surface area contributed by atoms with Crippen LogP contribution in [0.25, 0.3) is 0 Å². The molecule has 0 unspecified atom stereocenters. The zero-order chi connectivity index (χ0) is 18.4. The van der Waals surface area contributed by atoms with E-state index in [4.69, 9.17) is 11.6 Å². The first-order chi connectivity index (χ1) is 11.7. The Morgan fingerprint density at radius 2 is 2.16 bits per heavy atom.